The van der Waals surface area contributed by atoms with Crippen molar-refractivity contribution in [2.75, 3.05) is 32.8 Å². The van der Waals surface area contributed by atoms with Crippen molar-refractivity contribution in [1.29, 1.82) is 0 Å². The molecule has 0 radical (unpaired) electrons. The molecule has 0 saturated carbocycles. The smallest absolute Gasteiger partial charge is 0.0594 e. The van der Waals surface area contributed by atoms with E-state index in [4.69, 9.17) is 33.7 Å². The van der Waals surface area contributed by atoms with Crippen molar-refractivity contribution in [3.05, 3.63) is 33.8 Å². The topological polar surface area (TPSA) is 38.5 Å². The third-order valence-corrected chi connectivity index (χ3v) is 3.78. The highest BCUT2D eigenvalue weighted by Gasteiger charge is 2.14. The van der Waals surface area contributed by atoms with Crippen molar-refractivity contribution < 1.29 is 4.74 Å². The van der Waals surface area contributed by atoms with Crippen molar-refractivity contribution in [3.8, 4) is 0 Å². The van der Waals surface area contributed by atoms with Gasteiger partial charge in [-0.2, -0.15) is 0 Å². The average molecular weight is 289 g/mol. The lowest BCUT2D eigenvalue weighted by molar-refractivity contribution is 0.0366. The zero-order valence-corrected chi connectivity index (χ0v) is 11.8. The molecule has 18 heavy (non-hydrogen) atoms. The number of hydrogen-bond donors (Lipinski definition) is 1. The predicted octanol–water partition coefficient (Wildman–Crippen LogP) is 2.72. The molecule has 1 aromatic carbocycles. The van der Waals surface area contributed by atoms with Gasteiger partial charge in [-0.25, -0.2) is 0 Å². The van der Waals surface area contributed by atoms with Gasteiger partial charge in [-0.15, -0.1) is 0 Å². The van der Waals surface area contributed by atoms with Crippen molar-refractivity contribution in [2.45, 2.75) is 12.5 Å². The Hall–Kier alpha value is -0.320. The molecule has 0 amide bonds. The van der Waals surface area contributed by atoms with Gasteiger partial charge in [-0.1, -0.05) is 29.3 Å². The van der Waals surface area contributed by atoms with E-state index < -0.39 is 0 Å². The fraction of sp³-hybridized carbons (Fsp3) is 0.538. The molecule has 1 aromatic rings. The van der Waals surface area contributed by atoms with Crippen molar-refractivity contribution >= 4 is 23.2 Å². The van der Waals surface area contributed by atoms with E-state index in [2.05, 4.69) is 4.90 Å². The minimum absolute atomic E-state index is 0.0439. The third-order valence-electron chi connectivity index (χ3n) is 3.22. The van der Waals surface area contributed by atoms with E-state index in [1.807, 2.05) is 12.1 Å². The first kappa shape index (κ1) is 14.1. The molecular formula is C13H18Cl2N2O. The van der Waals surface area contributed by atoms with Gasteiger partial charge in [0.25, 0.3) is 0 Å². The quantitative estimate of drug-likeness (QED) is 0.926. The molecule has 100 valence electrons. The van der Waals surface area contributed by atoms with Gasteiger partial charge < -0.3 is 10.5 Å². The summed E-state index contributed by atoms with van der Waals surface area (Å²) in [7, 11) is 0. The second-order valence-electron chi connectivity index (χ2n) is 4.52. The number of morpholine rings is 1. The van der Waals surface area contributed by atoms with Crippen molar-refractivity contribution in [2.24, 2.45) is 5.73 Å². The molecule has 1 atom stereocenters. The van der Waals surface area contributed by atoms with Crippen LogP contribution in [-0.2, 0) is 4.74 Å². The Kier molecular flexibility index (Phi) is 5.27. The number of rotatable bonds is 4. The maximum absolute atomic E-state index is 6.18. The first-order valence-corrected chi connectivity index (χ1v) is 6.93. The Morgan fingerprint density at radius 2 is 2.00 bits per heavy atom. The minimum Gasteiger partial charge on any atom is -0.379 e. The molecule has 0 aliphatic carbocycles. The van der Waals surface area contributed by atoms with Crippen LogP contribution in [0.15, 0.2) is 18.2 Å². The van der Waals surface area contributed by atoms with Crippen LogP contribution in [0.5, 0.6) is 0 Å². The lowest BCUT2D eigenvalue weighted by Crippen LogP contribution is -2.37. The number of ether oxygens (including phenoxy) is 1. The molecule has 5 heteroatoms. The van der Waals surface area contributed by atoms with Crippen LogP contribution in [0, 0.1) is 0 Å². The minimum atomic E-state index is -0.0439. The zero-order valence-electron chi connectivity index (χ0n) is 10.2. The summed E-state index contributed by atoms with van der Waals surface area (Å²) in [4.78, 5) is 2.37. The number of nitrogens with two attached hydrogens (primary N) is 1. The first-order valence-electron chi connectivity index (χ1n) is 6.17. The van der Waals surface area contributed by atoms with Crippen LogP contribution in [0.1, 0.15) is 18.0 Å². The van der Waals surface area contributed by atoms with Gasteiger partial charge in [0.15, 0.2) is 0 Å². The SMILES string of the molecule is NC(CCN1CCOCC1)c1ccc(Cl)cc1Cl. The third kappa shape index (κ3) is 3.84. The molecule has 0 bridgehead atoms. The van der Waals surface area contributed by atoms with Crippen LogP contribution in [0.25, 0.3) is 0 Å². The Balaban J connectivity index is 1.88. The largest absolute Gasteiger partial charge is 0.379 e. The molecule has 0 spiro atoms. The number of benzene rings is 1. The molecule has 1 aliphatic heterocycles. The van der Waals surface area contributed by atoms with Crippen LogP contribution in [0.3, 0.4) is 0 Å². The molecular weight excluding hydrogens is 271 g/mol. The van der Waals surface area contributed by atoms with Gasteiger partial charge in [0.1, 0.15) is 0 Å². The first-order chi connectivity index (χ1) is 8.66. The van der Waals surface area contributed by atoms with Crippen molar-refractivity contribution in [3.63, 3.8) is 0 Å². The maximum Gasteiger partial charge on any atom is 0.0594 e. The highest BCUT2D eigenvalue weighted by atomic mass is 35.5. The predicted molar refractivity (Wildman–Crippen MR) is 75.3 cm³/mol. The summed E-state index contributed by atoms with van der Waals surface area (Å²) in [5.41, 5.74) is 7.14. The lowest BCUT2D eigenvalue weighted by atomic mass is 10.0. The molecule has 0 aromatic heterocycles. The summed E-state index contributed by atoms with van der Waals surface area (Å²) >= 11 is 12.0. The molecule has 2 rings (SSSR count). The Morgan fingerprint density at radius 1 is 1.28 bits per heavy atom. The second kappa shape index (κ2) is 6.73. The van der Waals surface area contributed by atoms with Gasteiger partial charge in [0.2, 0.25) is 0 Å². The van der Waals surface area contributed by atoms with E-state index in [9.17, 15) is 0 Å². The maximum atomic E-state index is 6.18. The van der Waals surface area contributed by atoms with E-state index in [0.29, 0.717) is 10.0 Å². The van der Waals surface area contributed by atoms with E-state index in [0.717, 1.165) is 44.8 Å². The van der Waals surface area contributed by atoms with E-state index in [1.165, 1.54) is 0 Å². The summed E-state index contributed by atoms with van der Waals surface area (Å²) in [5, 5.41) is 1.29. The standard InChI is InChI=1S/C13H18Cl2N2O/c14-10-1-2-11(12(15)9-10)13(16)3-4-17-5-7-18-8-6-17/h1-2,9,13H,3-8,16H2. The molecule has 1 fully saturated rings. The van der Waals surface area contributed by atoms with Crippen LogP contribution < -0.4 is 5.73 Å². The monoisotopic (exact) mass is 288 g/mol. The molecule has 1 saturated heterocycles. The normalized spacial score (nSPS) is 18.8. The number of hydrogen-bond acceptors (Lipinski definition) is 3. The summed E-state index contributed by atoms with van der Waals surface area (Å²) in [6, 6.07) is 5.44. The van der Waals surface area contributed by atoms with E-state index >= 15 is 0 Å². The van der Waals surface area contributed by atoms with Gasteiger partial charge in [-0.3, -0.25) is 4.90 Å². The Labute approximate surface area is 118 Å². The number of nitrogens with zero attached hydrogens (tertiary/aromatic N) is 1. The summed E-state index contributed by atoms with van der Waals surface area (Å²) in [6.07, 6.45) is 0.890. The van der Waals surface area contributed by atoms with Gasteiger partial charge in [-0.05, 0) is 24.1 Å². The fourth-order valence-electron chi connectivity index (χ4n) is 2.10. The Morgan fingerprint density at radius 3 is 2.67 bits per heavy atom. The lowest BCUT2D eigenvalue weighted by Gasteiger charge is -2.27. The molecule has 1 aliphatic rings. The van der Waals surface area contributed by atoms with Crippen LogP contribution in [-0.4, -0.2) is 37.7 Å². The fourth-order valence-corrected chi connectivity index (χ4v) is 2.65. The summed E-state index contributed by atoms with van der Waals surface area (Å²) < 4.78 is 5.31. The highest BCUT2D eigenvalue weighted by Crippen LogP contribution is 2.26. The molecule has 3 nitrogen and oxygen atoms in total. The number of halogens is 2. The van der Waals surface area contributed by atoms with E-state index in [-0.39, 0.29) is 6.04 Å². The van der Waals surface area contributed by atoms with E-state index in [1.54, 1.807) is 6.07 Å². The average Bonchev–Trinajstić information content (AvgIpc) is 2.37. The van der Waals surface area contributed by atoms with Gasteiger partial charge >= 0.3 is 0 Å². The van der Waals surface area contributed by atoms with Crippen LogP contribution in [0.4, 0.5) is 0 Å². The van der Waals surface area contributed by atoms with Gasteiger partial charge in [0, 0.05) is 35.7 Å². The van der Waals surface area contributed by atoms with Crippen molar-refractivity contribution in [1.82, 2.24) is 4.90 Å². The molecule has 1 heterocycles. The zero-order chi connectivity index (χ0) is 13.0. The van der Waals surface area contributed by atoms with Crippen LogP contribution >= 0.6 is 23.2 Å². The molecule has 1 unspecified atom stereocenters. The van der Waals surface area contributed by atoms with Crippen LogP contribution in [0.2, 0.25) is 10.0 Å². The van der Waals surface area contributed by atoms with Gasteiger partial charge in [0.05, 0.1) is 13.2 Å². The molecule has 2 N–H and O–H groups in total. The summed E-state index contributed by atoms with van der Waals surface area (Å²) in [5.74, 6) is 0. The second-order valence-corrected chi connectivity index (χ2v) is 5.36. The summed E-state index contributed by atoms with van der Waals surface area (Å²) in [6.45, 7) is 4.58. The highest BCUT2D eigenvalue weighted by molar-refractivity contribution is 6.35. The Bertz CT molecular complexity index is 395.